The maximum atomic E-state index is 14.4. The molecule has 1 aliphatic heterocycles. The fourth-order valence-corrected chi connectivity index (χ4v) is 4.26. The van der Waals surface area contributed by atoms with Crippen molar-refractivity contribution in [3.05, 3.63) is 47.4 Å². The van der Waals surface area contributed by atoms with Gasteiger partial charge in [0.1, 0.15) is 34.7 Å². The molecule has 1 fully saturated rings. The molecule has 0 saturated carbocycles. The first-order valence-corrected chi connectivity index (χ1v) is 10.9. The van der Waals surface area contributed by atoms with Gasteiger partial charge in [0.25, 0.3) is 0 Å². The van der Waals surface area contributed by atoms with E-state index in [2.05, 4.69) is 10.1 Å². The second kappa shape index (κ2) is 8.48. The Balaban J connectivity index is 1.82. The van der Waals surface area contributed by atoms with Crippen LogP contribution in [0.2, 0.25) is 0 Å². The number of nitrogen functional groups attached to an aromatic ring is 1. The number of benzene rings is 1. The standard InChI is InChI=1S/C23H27F2N5O4/c1-22(2,3)34-21(32)29-6-4-5-23(33,11-29)18-9-14(19-20(26)27-12-28-30(18)19)13-7-16(24)15(10-31)17(25)8-13/h7-9,12,31,33H,4-6,10-11H2,1-3H3,(H2,26,27,28). The minimum Gasteiger partial charge on any atom is -0.444 e. The number of nitrogens with two attached hydrogens (primary N) is 1. The van der Waals surface area contributed by atoms with Crippen molar-refractivity contribution in [2.24, 2.45) is 0 Å². The number of aliphatic hydroxyl groups excluding tert-OH is 1. The number of carbonyl (C=O) groups excluding carboxylic acids is 1. The van der Waals surface area contributed by atoms with E-state index in [1.165, 1.54) is 15.7 Å². The van der Waals surface area contributed by atoms with Crippen molar-refractivity contribution >= 4 is 17.4 Å². The summed E-state index contributed by atoms with van der Waals surface area (Å²) in [6, 6.07) is 3.71. The van der Waals surface area contributed by atoms with Crippen LogP contribution >= 0.6 is 0 Å². The first-order valence-electron chi connectivity index (χ1n) is 10.9. The Kier molecular flexibility index (Phi) is 5.94. The summed E-state index contributed by atoms with van der Waals surface area (Å²) in [5, 5.41) is 25.1. The molecule has 1 aromatic carbocycles. The Bertz CT molecular complexity index is 1230. The van der Waals surface area contributed by atoms with Crippen LogP contribution in [0, 0.1) is 11.6 Å². The number of carbonyl (C=O) groups is 1. The molecular weight excluding hydrogens is 448 g/mol. The van der Waals surface area contributed by atoms with Crippen molar-refractivity contribution in [2.45, 2.75) is 51.4 Å². The van der Waals surface area contributed by atoms with Crippen molar-refractivity contribution < 1.29 is 28.5 Å². The summed E-state index contributed by atoms with van der Waals surface area (Å²) in [6.45, 7) is 4.83. The van der Waals surface area contributed by atoms with E-state index in [9.17, 15) is 23.8 Å². The number of rotatable bonds is 3. The molecule has 2 aromatic heterocycles. The molecule has 0 spiro atoms. The number of anilines is 1. The van der Waals surface area contributed by atoms with E-state index in [1.807, 2.05) is 0 Å². The molecule has 1 aliphatic rings. The van der Waals surface area contributed by atoms with Gasteiger partial charge in [-0.25, -0.2) is 23.1 Å². The quantitative estimate of drug-likeness (QED) is 0.532. The lowest BCUT2D eigenvalue weighted by Gasteiger charge is -2.39. The summed E-state index contributed by atoms with van der Waals surface area (Å²) in [7, 11) is 0. The number of hydrogen-bond donors (Lipinski definition) is 3. The highest BCUT2D eigenvalue weighted by Gasteiger charge is 2.41. The van der Waals surface area contributed by atoms with Gasteiger partial charge < -0.3 is 25.6 Å². The molecule has 1 amide bonds. The molecule has 1 atom stereocenters. The molecular formula is C23H27F2N5O4. The van der Waals surface area contributed by atoms with Crippen molar-refractivity contribution in [3.63, 3.8) is 0 Å². The fraction of sp³-hybridized carbons (Fsp3) is 0.435. The van der Waals surface area contributed by atoms with E-state index in [4.69, 9.17) is 10.5 Å². The van der Waals surface area contributed by atoms with Gasteiger partial charge in [-0.3, -0.25) is 0 Å². The molecule has 34 heavy (non-hydrogen) atoms. The largest absolute Gasteiger partial charge is 0.444 e. The van der Waals surface area contributed by atoms with Crippen LogP contribution in [0.3, 0.4) is 0 Å². The van der Waals surface area contributed by atoms with Crippen molar-refractivity contribution in [2.75, 3.05) is 18.8 Å². The number of aliphatic hydroxyl groups is 2. The minimum atomic E-state index is -1.53. The number of fused-ring (bicyclic) bond motifs is 1. The van der Waals surface area contributed by atoms with Crippen molar-refractivity contribution in [1.82, 2.24) is 19.5 Å². The van der Waals surface area contributed by atoms with E-state index in [0.717, 1.165) is 12.1 Å². The molecule has 182 valence electrons. The van der Waals surface area contributed by atoms with Gasteiger partial charge in [0.15, 0.2) is 5.82 Å². The average Bonchev–Trinajstić information content (AvgIpc) is 3.14. The van der Waals surface area contributed by atoms with E-state index >= 15 is 0 Å². The van der Waals surface area contributed by atoms with Crippen LogP contribution in [0.15, 0.2) is 24.5 Å². The second-order valence-electron chi connectivity index (χ2n) is 9.46. The SMILES string of the molecule is CC(C)(C)OC(=O)N1CCCC(O)(c2cc(-c3cc(F)c(CO)c(F)c3)c3c(N)ncnn23)C1. The highest BCUT2D eigenvalue weighted by molar-refractivity contribution is 5.88. The Labute approximate surface area is 194 Å². The first kappa shape index (κ1) is 23.8. The van der Waals surface area contributed by atoms with Crippen LogP contribution in [-0.2, 0) is 16.9 Å². The highest BCUT2D eigenvalue weighted by Crippen LogP contribution is 2.39. The van der Waals surface area contributed by atoms with E-state index in [1.54, 1.807) is 26.8 Å². The number of likely N-dealkylation sites (tertiary alicyclic amines) is 1. The molecule has 0 radical (unpaired) electrons. The Morgan fingerprint density at radius 1 is 1.26 bits per heavy atom. The molecule has 0 bridgehead atoms. The molecule has 3 aromatic rings. The van der Waals surface area contributed by atoms with Gasteiger partial charge in [-0.15, -0.1) is 0 Å². The fourth-order valence-electron chi connectivity index (χ4n) is 4.26. The van der Waals surface area contributed by atoms with Crippen LogP contribution in [0.1, 0.15) is 44.9 Å². The van der Waals surface area contributed by atoms with Crippen LogP contribution in [0.25, 0.3) is 16.6 Å². The zero-order chi connectivity index (χ0) is 24.8. The number of ether oxygens (including phenoxy) is 1. The lowest BCUT2D eigenvalue weighted by Crippen LogP contribution is -2.50. The third-order valence-electron chi connectivity index (χ3n) is 5.79. The third kappa shape index (κ3) is 4.28. The lowest BCUT2D eigenvalue weighted by molar-refractivity contribution is -0.0497. The van der Waals surface area contributed by atoms with Gasteiger partial charge >= 0.3 is 6.09 Å². The molecule has 0 aliphatic carbocycles. The predicted octanol–water partition coefficient (Wildman–Crippen LogP) is 2.97. The highest BCUT2D eigenvalue weighted by atomic mass is 19.1. The van der Waals surface area contributed by atoms with Gasteiger partial charge in [0, 0.05) is 17.7 Å². The zero-order valence-electron chi connectivity index (χ0n) is 19.2. The number of piperidine rings is 1. The van der Waals surface area contributed by atoms with Crippen molar-refractivity contribution in [1.29, 1.82) is 0 Å². The van der Waals surface area contributed by atoms with Gasteiger partial charge in [-0.2, -0.15) is 5.10 Å². The molecule has 1 unspecified atom stereocenters. The topological polar surface area (TPSA) is 126 Å². The summed E-state index contributed by atoms with van der Waals surface area (Å²) in [4.78, 5) is 18.1. The summed E-state index contributed by atoms with van der Waals surface area (Å²) >= 11 is 0. The Hall–Kier alpha value is -3.31. The normalized spacial score (nSPS) is 19.0. The maximum absolute atomic E-state index is 14.4. The Morgan fingerprint density at radius 2 is 1.94 bits per heavy atom. The molecule has 4 rings (SSSR count). The van der Waals surface area contributed by atoms with Crippen LogP contribution in [0.4, 0.5) is 19.4 Å². The van der Waals surface area contributed by atoms with Gasteiger partial charge in [-0.05, 0) is 57.4 Å². The van der Waals surface area contributed by atoms with E-state index < -0.39 is 41.1 Å². The van der Waals surface area contributed by atoms with Crippen LogP contribution in [0.5, 0.6) is 0 Å². The molecule has 9 nitrogen and oxygen atoms in total. The number of halogens is 2. The third-order valence-corrected chi connectivity index (χ3v) is 5.79. The van der Waals surface area contributed by atoms with E-state index in [-0.39, 0.29) is 23.4 Å². The van der Waals surface area contributed by atoms with E-state index in [0.29, 0.717) is 30.6 Å². The van der Waals surface area contributed by atoms with Crippen LogP contribution in [-0.4, -0.2) is 54.5 Å². The minimum absolute atomic E-state index is 0.0479. The first-order chi connectivity index (χ1) is 15.9. The number of amides is 1. The molecule has 11 heteroatoms. The molecule has 3 heterocycles. The average molecular weight is 475 g/mol. The summed E-state index contributed by atoms with van der Waals surface area (Å²) in [6.07, 6.45) is 1.47. The zero-order valence-corrected chi connectivity index (χ0v) is 19.2. The smallest absolute Gasteiger partial charge is 0.410 e. The number of β-amino-alcohol motifs (C(OH)–C–C–N with tert-alkyl or cyclic N) is 1. The molecule has 4 N–H and O–H groups in total. The van der Waals surface area contributed by atoms with Crippen LogP contribution < -0.4 is 5.73 Å². The molecule has 1 saturated heterocycles. The maximum Gasteiger partial charge on any atom is 0.410 e. The summed E-state index contributed by atoms with van der Waals surface area (Å²) < 4.78 is 35.7. The van der Waals surface area contributed by atoms with Gasteiger partial charge in [0.2, 0.25) is 0 Å². The number of aromatic nitrogens is 3. The predicted molar refractivity (Wildman–Crippen MR) is 120 cm³/mol. The van der Waals surface area contributed by atoms with Gasteiger partial charge in [0.05, 0.1) is 18.8 Å². The lowest BCUT2D eigenvalue weighted by atomic mass is 9.89. The summed E-state index contributed by atoms with van der Waals surface area (Å²) in [5.74, 6) is -1.78. The monoisotopic (exact) mass is 475 g/mol. The number of nitrogens with zero attached hydrogens (tertiary/aromatic N) is 4. The van der Waals surface area contributed by atoms with Crippen molar-refractivity contribution in [3.8, 4) is 11.1 Å². The summed E-state index contributed by atoms with van der Waals surface area (Å²) in [5.41, 5.74) is 4.42. The Morgan fingerprint density at radius 3 is 2.56 bits per heavy atom. The number of hydrogen-bond acceptors (Lipinski definition) is 7. The van der Waals surface area contributed by atoms with Gasteiger partial charge in [-0.1, -0.05) is 0 Å². The second-order valence-corrected chi connectivity index (χ2v) is 9.46.